The number of primary amides is 1. The second-order valence-corrected chi connectivity index (χ2v) is 5.82. The number of carbonyl (C=O) groups is 1. The summed E-state index contributed by atoms with van der Waals surface area (Å²) in [6, 6.07) is 13.7. The lowest BCUT2D eigenvalue weighted by Crippen LogP contribution is -2.10. The summed E-state index contributed by atoms with van der Waals surface area (Å²) in [5, 5.41) is 11.5. The van der Waals surface area contributed by atoms with Gasteiger partial charge in [0.15, 0.2) is 0 Å². The molecule has 4 nitrogen and oxygen atoms in total. The van der Waals surface area contributed by atoms with Gasteiger partial charge in [-0.3, -0.25) is 9.89 Å². The van der Waals surface area contributed by atoms with Crippen molar-refractivity contribution >= 4 is 38.2 Å². The van der Waals surface area contributed by atoms with E-state index in [-0.39, 0.29) is 0 Å². The maximum absolute atomic E-state index is 11.3. The third-order valence-corrected chi connectivity index (χ3v) is 4.47. The molecule has 0 fully saturated rings. The van der Waals surface area contributed by atoms with Crippen LogP contribution >= 0.6 is 11.3 Å². The number of aromatic amines is 1. The Hall–Kier alpha value is -2.66. The predicted molar refractivity (Wildman–Crippen MR) is 85.4 cm³/mol. The largest absolute Gasteiger partial charge is 0.366 e. The molecule has 2 aromatic carbocycles. The molecule has 3 N–H and O–H groups in total. The lowest BCUT2D eigenvalue weighted by molar-refractivity contribution is 0.100. The highest BCUT2D eigenvalue weighted by Crippen LogP contribution is 2.31. The minimum absolute atomic E-state index is 0.433. The zero-order valence-corrected chi connectivity index (χ0v) is 11.8. The van der Waals surface area contributed by atoms with Crippen LogP contribution in [0.3, 0.4) is 0 Å². The van der Waals surface area contributed by atoms with E-state index in [1.165, 1.54) is 10.1 Å². The molecule has 0 aliphatic carbocycles. The number of carbonyl (C=O) groups excluding carboxylic acids is 1. The van der Waals surface area contributed by atoms with Crippen molar-refractivity contribution in [2.45, 2.75) is 0 Å². The number of rotatable bonds is 2. The number of nitrogens with zero attached hydrogens (tertiary/aromatic N) is 1. The molecule has 0 saturated heterocycles. The van der Waals surface area contributed by atoms with E-state index in [4.69, 9.17) is 5.73 Å². The first-order chi connectivity index (χ1) is 10.2. The highest BCUT2D eigenvalue weighted by atomic mass is 32.1. The van der Waals surface area contributed by atoms with Crippen molar-refractivity contribution in [2.75, 3.05) is 0 Å². The van der Waals surface area contributed by atoms with Gasteiger partial charge in [0.25, 0.3) is 0 Å². The van der Waals surface area contributed by atoms with E-state index in [9.17, 15) is 4.79 Å². The van der Waals surface area contributed by atoms with Crippen molar-refractivity contribution < 1.29 is 4.79 Å². The number of nitrogens with two attached hydrogens (primary N) is 1. The van der Waals surface area contributed by atoms with E-state index in [1.807, 2.05) is 12.1 Å². The monoisotopic (exact) mass is 293 g/mol. The third kappa shape index (κ3) is 1.90. The molecule has 1 amide bonds. The predicted octanol–water partition coefficient (Wildman–Crippen LogP) is 3.54. The highest BCUT2D eigenvalue weighted by molar-refractivity contribution is 7.17. The van der Waals surface area contributed by atoms with Crippen molar-refractivity contribution in [1.82, 2.24) is 10.2 Å². The number of hydrogen-bond donors (Lipinski definition) is 2. The van der Waals surface area contributed by atoms with E-state index in [0.717, 1.165) is 22.2 Å². The molecule has 102 valence electrons. The summed E-state index contributed by atoms with van der Waals surface area (Å²) in [7, 11) is 0. The summed E-state index contributed by atoms with van der Waals surface area (Å²) < 4.78 is 1.25. The number of aromatic nitrogens is 2. The second kappa shape index (κ2) is 4.43. The lowest BCUT2D eigenvalue weighted by atomic mass is 10.0. The van der Waals surface area contributed by atoms with E-state index >= 15 is 0 Å². The first kappa shape index (κ1) is 12.1. The zero-order valence-electron chi connectivity index (χ0n) is 11.0. The van der Waals surface area contributed by atoms with Gasteiger partial charge in [-0.1, -0.05) is 6.07 Å². The molecule has 2 heterocycles. The van der Waals surface area contributed by atoms with Gasteiger partial charge in [0.05, 0.1) is 11.2 Å². The Morgan fingerprint density at radius 2 is 2.05 bits per heavy atom. The second-order valence-electron chi connectivity index (χ2n) is 4.87. The first-order valence-electron chi connectivity index (χ1n) is 6.48. The summed E-state index contributed by atoms with van der Waals surface area (Å²) in [5.41, 5.74) is 8.59. The van der Waals surface area contributed by atoms with Crippen LogP contribution in [-0.4, -0.2) is 16.1 Å². The van der Waals surface area contributed by atoms with Crippen LogP contribution in [0.15, 0.2) is 47.8 Å². The van der Waals surface area contributed by atoms with Crippen LogP contribution in [-0.2, 0) is 0 Å². The molecule has 0 bridgehead atoms. The Kier molecular flexibility index (Phi) is 2.55. The molecule has 21 heavy (non-hydrogen) atoms. The molecule has 0 aliphatic rings. The molecular formula is C16H11N3OS. The standard InChI is InChI=1S/C16H11N3OS/c17-16(20)11-1-3-13-12(8-11)15(19-18-13)10-2-4-14-9(7-10)5-6-21-14/h1-8H,(H2,17,20)(H,18,19). The first-order valence-corrected chi connectivity index (χ1v) is 7.36. The van der Waals surface area contributed by atoms with Crippen LogP contribution in [0.2, 0.25) is 0 Å². The summed E-state index contributed by atoms with van der Waals surface area (Å²) in [4.78, 5) is 11.3. The molecular weight excluding hydrogens is 282 g/mol. The number of benzene rings is 2. The molecule has 0 atom stereocenters. The summed E-state index contributed by atoms with van der Waals surface area (Å²) in [6.45, 7) is 0. The number of thiophene rings is 1. The van der Waals surface area contributed by atoms with E-state index in [2.05, 4.69) is 33.8 Å². The number of H-pyrrole nitrogens is 1. The molecule has 0 unspecified atom stereocenters. The smallest absolute Gasteiger partial charge is 0.248 e. The fourth-order valence-corrected chi connectivity index (χ4v) is 3.27. The fourth-order valence-electron chi connectivity index (χ4n) is 2.50. The number of nitrogens with one attached hydrogen (secondary N) is 1. The van der Waals surface area contributed by atoms with Gasteiger partial charge >= 0.3 is 0 Å². The van der Waals surface area contributed by atoms with Gasteiger partial charge in [-0.2, -0.15) is 5.10 Å². The van der Waals surface area contributed by atoms with Gasteiger partial charge in [0.2, 0.25) is 5.91 Å². The number of amides is 1. The van der Waals surface area contributed by atoms with Gasteiger partial charge in [-0.25, -0.2) is 0 Å². The number of hydrogen-bond acceptors (Lipinski definition) is 3. The summed E-state index contributed by atoms with van der Waals surface area (Å²) in [6.07, 6.45) is 0. The Labute approximate surface area is 124 Å². The Bertz CT molecular complexity index is 983. The molecule has 4 aromatic rings. The van der Waals surface area contributed by atoms with Crippen LogP contribution < -0.4 is 5.73 Å². The maximum Gasteiger partial charge on any atom is 0.248 e. The van der Waals surface area contributed by atoms with Gasteiger partial charge < -0.3 is 5.73 Å². The summed E-state index contributed by atoms with van der Waals surface area (Å²) in [5.74, 6) is -0.433. The lowest BCUT2D eigenvalue weighted by Gasteiger charge is -2.00. The van der Waals surface area contributed by atoms with Crippen molar-refractivity contribution in [1.29, 1.82) is 0 Å². The Morgan fingerprint density at radius 1 is 1.14 bits per heavy atom. The maximum atomic E-state index is 11.3. The quantitative estimate of drug-likeness (QED) is 0.593. The van der Waals surface area contributed by atoms with Gasteiger partial charge in [0.1, 0.15) is 0 Å². The average Bonchev–Trinajstić information content (AvgIpc) is 3.12. The minimum atomic E-state index is -0.433. The molecule has 0 saturated carbocycles. The van der Waals surface area contributed by atoms with Gasteiger partial charge in [0, 0.05) is 21.2 Å². The molecule has 4 rings (SSSR count). The summed E-state index contributed by atoms with van der Waals surface area (Å²) >= 11 is 1.71. The van der Waals surface area contributed by atoms with Gasteiger partial charge in [-0.15, -0.1) is 11.3 Å². The molecule has 0 radical (unpaired) electrons. The number of fused-ring (bicyclic) bond motifs is 2. The van der Waals surface area contributed by atoms with Crippen molar-refractivity contribution in [3.05, 3.63) is 53.4 Å². The van der Waals surface area contributed by atoms with Crippen molar-refractivity contribution in [2.24, 2.45) is 5.73 Å². The van der Waals surface area contributed by atoms with E-state index in [1.54, 1.807) is 23.5 Å². The van der Waals surface area contributed by atoms with Crippen LogP contribution in [0.1, 0.15) is 10.4 Å². The van der Waals surface area contributed by atoms with E-state index in [0.29, 0.717) is 5.56 Å². The third-order valence-electron chi connectivity index (χ3n) is 3.57. The minimum Gasteiger partial charge on any atom is -0.366 e. The van der Waals surface area contributed by atoms with Crippen LogP contribution in [0.25, 0.3) is 32.2 Å². The van der Waals surface area contributed by atoms with Gasteiger partial charge in [-0.05, 0) is 47.2 Å². The normalized spacial score (nSPS) is 11.2. The molecule has 0 spiro atoms. The Balaban J connectivity index is 1.96. The van der Waals surface area contributed by atoms with Crippen LogP contribution in [0.4, 0.5) is 0 Å². The zero-order chi connectivity index (χ0) is 14.4. The van der Waals surface area contributed by atoms with Crippen LogP contribution in [0, 0.1) is 0 Å². The van der Waals surface area contributed by atoms with Crippen LogP contribution in [0.5, 0.6) is 0 Å². The Morgan fingerprint density at radius 3 is 2.90 bits per heavy atom. The molecule has 0 aliphatic heterocycles. The fraction of sp³-hybridized carbons (Fsp3) is 0. The topological polar surface area (TPSA) is 71.8 Å². The van der Waals surface area contributed by atoms with Crippen molar-refractivity contribution in [3.8, 4) is 11.3 Å². The average molecular weight is 293 g/mol. The SMILES string of the molecule is NC(=O)c1ccc2[nH]nc(-c3ccc4sccc4c3)c2c1. The molecule has 2 aromatic heterocycles. The van der Waals surface area contributed by atoms with Crippen molar-refractivity contribution in [3.63, 3.8) is 0 Å². The molecule has 5 heteroatoms. The van der Waals surface area contributed by atoms with E-state index < -0.39 is 5.91 Å². The highest BCUT2D eigenvalue weighted by Gasteiger charge is 2.11.